The molecule has 0 radical (unpaired) electrons. The van der Waals surface area contributed by atoms with Crippen LogP contribution in [0, 0.1) is 11.8 Å². The largest absolute Gasteiger partial charge is 0.497 e. The number of aryl methyl sites for hydroxylation is 1. The van der Waals surface area contributed by atoms with E-state index in [1.165, 1.54) is 15.8 Å². The van der Waals surface area contributed by atoms with Crippen LogP contribution in [0.25, 0.3) is 0 Å². The maximum absolute atomic E-state index is 14.1. The highest BCUT2D eigenvalue weighted by atomic mass is 16.5. The Morgan fingerprint density at radius 3 is 2.32 bits per heavy atom. The van der Waals surface area contributed by atoms with E-state index in [1.54, 1.807) is 63.5 Å². The predicted octanol–water partition coefficient (Wildman–Crippen LogP) is 2.16. The minimum atomic E-state index is -1.12. The second-order valence-corrected chi connectivity index (χ2v) is 14.4. The molecule has 2 aliphatic heterocycles. The molecule has 3 heterocycles. The zero-order valence-electron chi connectivity index (χ0n) is 31.1. The van der Waals surface area contributed by atoms with Crippen LogP contribution >= 0.6 is 0 Å². The van der Waals surface area contributed by atoms with Crippen molar-refractivity contribution in [1.82, 2.24) is 35.9 Å². The van der Waals surface area contributed by atoms with Gasteiger partial charge in [-0.15, -0.1) is 0 Å². The van der Waals surface area contributed by atoms with E-state index in [-0.39, 0.29) is 49.6 Å². The third-order valence-corrected chi connectivity index (χ3v) is 9.39. The van der Waals surface area contributed by atoms with Crippen LogP contribution in [-0.2, 0) is 39.1 Å². The maximum atomic E-state index is 14.1. The Balaban J connectivity index is 1.47. The van der Waals surface area contributed by atoms with Crippen molar-refractivity contribution in [2.45, 2.75) is 77.0 Å². The number of methoxy groups -OCH3 is 1. The molecule has 1 fully saturated rings. The molecular weight excluding hydrogens is 678 g/mol. The van der Waals surface area contributed by atoms with Crippen LogP contribution < -0.4 is 30.7 Å². The van der Waals surface area contributed by atoms with E-state index in [9.17, 15) is 24.0 Å². The number of ether oxygens (including phenoxy) is 2. The van der Waals surface area contributed by atoms with Crippen molar-refractivity contribution in [3.63, 3.8) is 0 Å². The molecule has 53 heavy (non-hydrogen) atoms. The molecule has 14 nitrogen and oxygen atoms in total. The van der Waals surface area contributed by atoms with E-state index >= 15 is 0 Å². The smallest absolute Gasteiger partial charge is 0.270 e. The average molecular weight is 730 g/mol. The number of nitrogens with one attached hydrogen (secondary N) is 4. The van der Waals surface area contributed by atoms with Gasteiger partial charge in [-0.1, -0.05) is 38.1 Å². The van der Waals surface area contributed by atoms with Crippen molar-refractivity contribution < 1.29 is 33.4 Å². The van der Waals surface area contributed by atoms with Gasteiger partial charge >= 0.3 is 0 Å². The first-order chi connectivity index (χ1) is 25.4. The molecule has 284 valence electrons. The Kier molecular flexibility index (Phi) is 13.1. The Hall–Kier alpha value is -5.40. The number of aromatic nitrogens is 2. The van der Waals surface area contributed by atoms with Crippen LogP contribution in [-0.4, -0.2) is 95.2 Å². The number of benzene rings is 2. The van der Waals surface area contributed by atoms with Crippen LogP contribution in [0.4, 0.5) is 0 Å². The standard InChI is InChI=1S/C39H51N7O7/c1-24(2)18-29-23-53-31-14-10-27(11-15-31)20-33(44-38(50)34-16-17-40-45(34)4)37(49)43-32(19-26-8-12-30(52-5)13-9-26)36(48)41-25(3)39(51)46(21-28-6-7-28)22-35(47)42-29/h8-17,24-25,28-29,32-33H,6-7,18-23H2,1-5H3,(H,41,48)(H,42,47)(H,43,49)(H,44,50)/t25-,29+,32+,33+/m1/s1. The normalized spacial score (nSPS) is 22.0. The quantitative estimate of drug-likeness (QED) is 0.243. The number of nitrogens with zero attached hydrogens (tertiary/aromatic N) is 3. The lowest BCUT2D eigenvalue weighted by atomic mass is 10.0. The zero-order chi connectivity index (χ0) is 38.1. The lowest BCUT2D eigenvalue weighted by Gasteiger charge is -2.29. The first-order valence-electron chi connectivity index (χ1n) is 18.2. The van der Waals surface area contributed by atoms with Gasteiger partial charge < -0.3 is 35.6 Å². The van der Waals surface area contributed by atoms with Gasteiger partial charge in [0.15, 0.2) is 0 Å². The molecule has 14 heteroatoms. The Morgan fingerprint density at radius 2 is 1.70 bits per heavy atom. The van der Waals surface area contributed by atoms with Crippen LogP contribution in [0.5, 0.6) is 11.5 Å². The summed E-state index contributed by atoms with van der Waals surface area (Å²) in [6.45, 7) is 6.15. The van der Waals surface area contributed by atoms with Crippen molar-refractivity contribution in [2.75, 3.05) is 26.8 Å². The Labute approximate surface area is 310 Å². The number of carbonyl (C=O) groups excluding carboxylic acids is 5. The summed E-state index contributed by atoms with van der Waals surface area (Å²) < 4.78 is 12.8. The third-order valence-electron chi connectivity index (χ3n) is 9.39. The Morgan fingerprint density at radius 1 is 0.981 bits per heavy atom. The fraction of sp³-hybridized carbons (Fsp3) is 0.487. The highest BCUT2D eigenvalue weighted by molar-refractivity contribution is 5.98. The predicted molar refractivity (Wildman–Crippen MR) is 197 cm³/mol. The van der Waals surface area contributed by atoms with Crippen molar-refractivity contribution in [1.29, 1.82) is 0 Å². The number of hydrogen-bond donors (Lipinski definition) is 4. The van der Waals surface area contributed by atoms with E-state index < -0.39 is 41.8 Å². The topological polar surface area (TPSA) is 173 Å². The molecule has 4 atom stereocenters. The highest BCUT2D eigenvalue weighted by Gasteiger charge is 2.34. The molecule has 3 aliphatic rings. The Bertz CT molecular complexity index is 1740. The minimum absolute atomic E-state index is 0.0857. The number of fused-ring (bicyclic) bond motifs is 17. The van der Waals surface area contributed by atoms with Crippen LogP contribution in [0.3, 0.4) is 0 Å². The molecule has 2 aromatic carbocycles. The van der Waals surface area contributed by atoms with Gasteiger partial charge in [0.1, 0.15) is 41.9 Å². The molecule has 3 aromatic rings. The van der Waals surface area contributed by atoms with Gasteiger partial charge in [-0.3, -0.25) is 28.7 Å². The molecule has 0 spiro atoms. The van der Waals surface area contributed by atoms with Crippen LogP contribution in [0.15, 0.2) is 60.8 Å². The summed E-state index contributed by atoms with van der Waals surface area (Å²) >= 11 is 0. The van der Waals surface area contributed by atoms with Gasteiger partial charge in [-0.05, 0) is 79.5 Å². The van der Waals surface area contributed by atoms with Gasteiger partial charge in [0, 0.05) is 32.6 Å². The molecule has 4 N–H and O–H groups in total. The summed E-state index contributed by atoms with van der Waals surface area (Å²) in [5, 5.41) is 15.6. The van der Waals surface area contributed by atoms with E-state index in [2.05, 4.69) is 40.2 Å². The first kappa shape index (κ1) is 38.8. The summed E-state index contributed by atoms with van der Waals surface area (Å²) in [6.07, 6.45) is 4.26. The van der Waals surface area contributed by atoms with Crippen molar-refractivity contribution >= 4 is 29.5 Å². The summed E-state index contributed by atoms with van der Waals surface area (Å²) in [4.78, 5) is 70.3. The minimum Gasteiger partial charge on any atom is -0.497 e. The van der Waals surface area contributed by atoms with Crippen molar-refractivity contribution in [3.05, 3.63) is 77.6 Å². The van der Waals surface area contributed by atoms with E-state index in [4.69, 9.17) is 9.47 Å². The van der Waals surface area contributed by atoms with E-state index in [0.29, 0.717) is 30.4 Å². The summed E-state index contributed by atoms with van der Waals surface area (Å²) in [5.41, 5.74) is 1.72. The lowest BCUT2D eigenvalue weighted by molar-refractivity contribution is -0.140. The van der Waals surface area contributed by atoms with Gasteiger partial charge in [0.25, 0.3) is 5.91 Å². The van der Waals surface area contributed by atoms with Crippen LogP contribution in [0.1, 0.15) is 61.6 Å². The van der Waals surface area contributed by atoms with Crippen molar-refractivity contribution in [2.24, 2.45) is 18.9 Å². The molecule has 0 saturated heterocycles. The highest BCUT2D eigenvalue weighted by Crippen LogP contribution is 2.30. The maximum Gasteiger partial charge on any atom is 0.270 e. The van der Waals surface area contributed by atoms with E-state index in [1.807, 2.05) is 12.1 Å². The number of carbonyl (C=O) groups is 5. The SMILES string of the molecule is COc1ccc(C[C@@H]2NC(=O)[C@@H](NC(=O)c3ccnn3C)Cc3ccc(cc3)OC[C@H](CC(C)C)NC(=O)CN(CC3CC3)C(=O)[C@@H](C)NC2=O)cc1. The third kappa shape index (κ3) is 11.3. The molecule has 1 saturated carbocycles. The first-order valence-corrected chi connectivity index (χ1v) is 18.2. The monoisotopic (exact) mass is 729 g/mol. The number of hydrogen-bond acceptors (Lipinski definition) is 8. The molecule has 0 unspecified atom stereocenters. The van der Waals surface area contributed by atoms with Gasteiger partial charge in [0.05, 0.1) is 19.7 Å². The second-order valence-electron chi connectivity index (χ2n) is 14.4. The second kappa shape index (κ2) is 17.9. The van der Waals surface area contributed by atoms with Crippen molar-refractivity contribution in [3.8, 4) is 11.5 Å². The van der Waals surface area contributed by atoms with Gasteiger partial charge in [-0.25, -0.2) is 0 Å². The number of rotatable bonds is 9. The number of amides is 5. The summed E-state index contributed by atoms with van der Waals surface area (Å²) in [7, 11) is 3.18. The molecule has 2 bridgehead atoms. The van der Waals surface area contributed by atoms with Gasteiger partial charge in [0.2, 0.25) is 23.6 Å². The fourth-order valence-electron chi connectivity index (χ4n) is 6.35. The summed E-state index contributed by atoms with van der Waals surface area (Å²) in [6, 6.07) is 12.3. The summed E-state index contributed by atoms with van der Waals surface area (Å²) in [5.74, 6) is -0.637. The molecule has 1 aromatic heterocycles. The molecular formula is C39H51N7O7. The average Bonchev–Trinajstić information content (AvgIpc) is 3.84. The fourth-order valence-corrected chi connectivity index (χ4v) is 6.35. The van der Waals surface area contributed by atoms with Gasteiger partial charge in [-0.2, -0.15) is 5.10 Å². The molecule has 5 amide bonds. The molecule has 6 rings (SSSR count). The molecule has 1 aliphatic carbocycles. The van der Waals surface area contributed by atoms with Crippen LogP contribution in [0.2, 0.25) is 0 Å². The zero-order valence-corrected chi connectivity index (χ0v) is 31.1. The lowest BCUT2D eigenvalue weighted by Crippen LogP contribution is -2.58. The van der Waals surface area contributed by atoms with E-state index in [0.717, 1.165) is 24.0 Å².